The summed E-state index contributed by atoms with van der Waals surface area (Å²) < 4.78 is 0.465. The molecule has 4 aliphatic rings. The van der Waals surface area contributed by atoms with Gasteiger partial charge in [0.05, 0.1) is 0 Å². The van der Waals surface area contributed by atoms with Gasteiger partial charge in [-0.3, -0.25) is 0 Å². The fourth-order valence-electron chi connectivity index (χ4n) is 4.77. The number of fused-ring (bicyclic) bond motifs is 3. The first kappa shape index (κ1) is 13.3. The highest BCUT2D eigenvalue weighted by Gasteiger charge is 2.58. The zero-order valence-corrected chi connectivity index (χ0v) is 14.9. The van der Waals surface area contributed by atoms with Crippen LogP contribution in [-0.4, -0.2) is 14.4 Å². The number of allylic oxidation sites excluding steroid dienone is 2. The van der Waals surface area contributed by atoms with Gasteiger partial charge in [-0.2, -0.15) is 0 Å². The minimum Gasteiger partial charge on any atom is -0.201 e. The summed E-state index contributed by atoms with van der Waals surface area (Å²) in [5, 5.41) is 0.932. The van der Waals surface area contributed by atoms with Crippen LogP contribution in [0.2, 0.25) is 0 Å². The van der Waals surface area contributed by atoms with Crippen molar-refractivity contribution in [3.8, 4) is 5.69 Å². The van der Waals surface area contributed by atoms with Crippen LogP contribution in [0, 0.1) is 29.4 Å². The Morgan fingerprint density at radius 1 is 1.32 bits per heavy atom. The van der Waals surface area contributed by atoms with Crippen LogP contribution < -0.4 is 0 Å². The number of thiol groups is 1. The summed E-state index contributed by atoms with van der Waals surface area (Å²) in [6.07, 6.45) is 11.3. The Morgan fingerprint density at radius 2 is 2.11 bits per heavy atom. The fraction of sp³-hybridized carbons (Fsp3) is 0.824. The zero-order valence-electron chi connectivity index (χ0n) is 11.8. The third-order valence-corrected chi connectivity index (χ3v) is 10.5. The molecule has 7 atom stereocenters. The van der Waals surface area contributed by atoms with Crippen molar-refractivity contribution in [3.05, 3.63) is 11.6 Å². The summed E-state index contributed by atoms with van der Waals surface area (Å²) in [5.74, 6) is 5.14. The summed E-state index contributed by atoms with van der Waals surface area (Å²) >= 11 is 2.86. The number of rotatable bonds is 1. The lowest BCUT2D eigenvalue weighted by atomic mass is 9.64. The van der Waals surface area contributed by atoms with Gasteiger partial charge in [0.15, 0.2) is 0 Å². The number of hydrogen-bond donors (Lipinski definition) is 1. The molecule has 1 aliphatic heterocycles. The van der Waals surface area contributed by atoms with Crippen molar-refractivity contribution < 1.29 is 0 Å². The molecule has 0 amide bonds. The van der Waals surface area contributed by atoms with E-state index in [2.05, 4.69) is 35.6 Å². The molecule has 7 unspecified atom stereocenters. The summed E-state index contributed by atoms with van der Waals surface area (Å²) in [7, 11) is -0.127. The van der Waals surface area contributed by atoms with Gasteiger partial charge in [-0.15, -0.1) is 5.69 Å². The van der Waals surface area contributed by atoms with Crippen molar-refractivity contribution in [1.29, 1.82) is 0 Å². The third kappa shape index (κ3) is 2.17. The van der Waals surface area contributed by atoms with Crippen LogP contribution >= 0.6 is 32.9 Å². The lowest BCUT2D eigenvalue weighted by Gasteiger charge is -2.47. The van der Waals surface area contributed by atoms with E-state index in [1.807, 2.05) is 0 Å². The number of hydrogen-bond acceptors (Lipinski definition) is 0. The lowest BCUT2D eigenvalue weighted by molar-refractivity contribution is 0.146. The van der Waals surface area contributed by atoms with Gasteiger partial charge in [0.1, 0.15) is 0 Å². The molecule has 106 valence electrons. The molecule has 19 heavy (non-hydrogen) atoms. The molecule has 4 fully saturated rings. The standard InChI is InChI=1S/C17H25IS/c1-11-3-6-13-7-8-19(2)15-9-14(15)16(13)17(11,18)10-12-4-5-12/h2,10-11,13-16,19H,3-9H2,1H3. The van der Waals surface area contributed by atoms with Crippen molar-refractivity contribution in [2.45, 2.75) is 54.1 Å². The van der Waals surface area contributed by atoms with E-state index in [0.717, 1.165) is 28.9 Å². The molecule has 1 heterocycles. The van der Waals surface area contributed by atoms with Crippen molar-refractivity contribution in [2.24, 2.45) is 23.7 Å². The van der Waals surface area contributed by atoms with Gasteiger partial charge in [0, 0.05) is 3.42 Å². The molecule has 0 aromatic rings. The van der Waals surface area contributed by atoms with Crippen molar-refractivity contribution >= 4 is 32.9 Å². The average Bonchev–Trinajstić information content (AvgIpc) is 3.22. The highest BCUT2D eigenvalue weighted by Crippen LogP contribution is 2.64. The first-order valence-corrected chi connectivity index (χ1v) is 10.7. The minimum absolute atomic E-state index is 0.127. The highest BCUT2D eigenvalue weighted by molar-refractivity contribution is 14.1. The maximum atomic E-state index is 6.46. The predicted molar refractivity (Wildman–Crippen MR) is 94.8 cm³/mol. The monoisotopic (exact) mass is 388 g/mol. The topological polar surface area (TPSA) is 0 Å². The predicted octanol–water partition coefficient (Wildman–Crippen LogP) is 4.93. The van der Waals surface area contributed by atoms with Gasteiger partial charge < -0.3 is 0 Å². The normalized spacial score (nSPS) is 55.7. The van der Waals surface area contributed by atoms with Gasteiger partial charge in [-0.1, -0.05) is 41.2 Å². The quantitative estimate of drug-likeness (QED) is 0.280. The van der Waals surface area contributed by atoms with E-state index in [-0.39, 0.29) is 10.3 Å². The summed E-state index contributed by atoms with van der Waals surface area (Å²) in [4.78, 5) is 0. The second-order valence-electron chi connectivity index (χ2n) is 7.39. The maximum Gasteiger partial charge on any atom is 0.0462 e. The van der Waals surface area contributed by atoms with Crippen LogP contribution in [-0.2, 0) is 0 Å². The number of halogens is 1. The Kier molecular flexibility index (Phi) is 3.18. The molecule has 0 radical (unpaired) electrons. The molecule has 4 rings (SSSR count). The Bertz CT molecular complexity index is 493. The highest BCUT2D eigenvalue weighted by atomic mass is 127. The first-order chi connectivity index (χ1) is 9.09. The van der Waals surface area contributed by atoms with Crippen molar-refractivity contribution in [1.82, 2.24) is 0 Å². The Balaban J connectivity index is 1.72. The van der Waals surface area contributed by atoms with E-state index in [0.29, 0.717) is 3.42 Å². The van der Waals surface area contributed by atoms with Gasteiger partial charge in [0.2, 0.25) is 0 Å². The van der Waals surface area contributed by atoms with Crippen LogP contribution in [0.25, 0.3) is 0 Å². The molecule has 2 heteroatoms. The maximum absolute atomic E-state index is 6.46. The molecule has 0 N–H and O–H groups in total. The molecule has 3 aliphatic carbocycles. The molecule has 0 spiro atoms. The first-order valence-electron chi connectivity index (χ1n) is 8.00. The second-order valence-corrected chi connectivity index (χ2v) is 11.4. The summed E-state index contributed by atoms with van der Waals surface area (Å²) in [5.41, 5.74) is 8.21. The molecule has 0 nitrogen and oxygen atoms in total. The zero-order chi connectivity index (χ0) is 13.2. The Labute approximate surface area is 133 Å². The molecule has 3 saturated carbocycles. The van der Waals surface area contributed by atoms with Crippen LogP contribution in [0.1, 0.15) is 45.4 Å². The van der Waals surface area contributed by atoms with Crippen molar-refractivity contribution in [2.75, 3.05) is 5.75 Å². The molecule has 1 saturated heterocycles. The van der Waals surface area contributed by atoms with E-state index in [1.54, 1.807) is 5.57 Å². The molecule has 0 aromatic heterocycles. The van der Waals surface area contributed by atoms with Crippen LogP contribution in [0.5, 0.6) is 0 Å². The summed E-state index contributed by atoms with van der Waals surface area (Å²) in [6.45, 7) is 2.51. The molecular formula is C17H25IS. The average molecular weight is 388 g/mol. The van der Waals surface area contributed by atoms with Crippen LogP contribution in [0.3, 0.4) is 0 Å². The molecule has 0 bridgehead atoms. The minimum atomic E-state index is -0.127. The fourth-order valence-corrected chi connectivity index (χ4v) is 8.65. The van der Waals surface area contributed by atoms with Gasteiger partial charge in [-0.25, -0.2) is 10.3 Å². The van der Waals surface area contributed by atoms with Gasteiger partial charge in [-0.05, 0) is 73.2 Å². The van der Waals surface area contributed by atoms with E-state index in [4.69, 9.17) is 5.69 Å². The van der Waals surface area contributed by atoms with E-state index < -0.39 is 0 Å². The summed E-state index contributed by atoms with van der Waals surface area (Å²) in [6, 6.07) is 0. The van der Waals surface area contributed by atoms with E-state index in [9.17, 15) is 0 Å². The third-order valence-electron chi connectivity index (χ3n) is 6.16. The van der Waals surface area contributed by atoms with E-state index >= 15 is 0 Å². The van der Waals surface area contributed by atoms with Crippen LogP contribution in [0.15, 0.2) is 11.6 Å². The lowest BCUT2D eigenvalue weighted by Crippen LogP contribution is -2.46. The van der Waals surface area contributed by atoms with E-state index in [1.165, 1.54) is 44.3 Å². The van der Waals surface area contributed by atoms with Gasteiger partial charge in [0.25, 0.3) is 0 Å². The van der Waals surface area contributed by atoms with Crippen molar-refractivity contribution in [3.63, 3.8) is 0 Å². The Hall–Kier alpha value is 0.600. The Morgan fingerprint density at radius 3 is 2.84 bits per heavy atom. The number of alkyl halides is 1. The SMILES string of the molecule is C#[SH]1CCC2CCC(C)C(I)(C=C3CC3)C2C2CC21. The molecular weight excluding hydrogens is 363 g/mol. The van der Waals surface area contributed by atoms with Crippen LogP contribution in [0.4, 0.5) is 0 Å². The molecule has 0 aromatic carbocycles. The second kappa shape index (κ2) is 4.55. The smallest absolute Gasteiger partial charge is 0.0462 e. The van der Waals surface area contributed by atoms with Gasteiger partial charge >= 0.3 is 0 Å². The largest absolute Gasteiger partial charge is 0.201 e.